The predicted molar refractivity (Wildman–Crippen MR) is 74.3 cm³/mol. The number of nitrogens with one attached hydrogen (secondary N) is 1. The fraction of sp³-hybridized carbons (Fsp3) is 0.312. The van der Waals surface area contributed by atoms with Crippen molar-refractivity contribution in [1.82, 2.24) is 5.32 Å². The van der Waals surface area contributed by atoms with E-state index in [1.165, 1.54) is 11.8 Å². The average Bonchev–Trinajstić information content (AvgIpc) is 2.49. The molecule has 0 saturated carbocycles. The van der Waals surface area contributed by atoms with Gasteiger partial charge >= 0.3 is 5.63 Å². The monoisotopic (exact) mass is 255 g/mol. The van der Waals surface area contributed by atoms with E-state index in [-0.39, 0.29) is 11.0 Å². The molecular formula is C16H17NO2. The summed E-state index contributed by atoms with van der Waals surface area (Å²) >= 11 is 0. The summed E-state index contributed by atoms with van der Waals surface area (Å²) in [6, 6.07) is 14.0. The van der Waals surface area contributed by atoms with E-state index in [0.717, 1.165) is 31.5 Å². The molecule has 3 rings (SSSR count). The van der Waals surface area contributed by atoms with Crippen molar-refractivity contribution in [2.75, 3.05) is 13.1 Å². The maximum Gasteiger partial charge on any atom is 0.339 e. The van der Waals surface area contributed by atoms with Crippen LogP contribution in [0.1, 0.15) is 24.0 Å². The molecule has 0 bridgehead atoms. The molecule has 3 heteroatoms. The molecule has 1 fully saturated rings. The van der Waals surface area contributed by atoms with Gasteiger partial charge in [0.25, 0.3) is 0 Å². The van der Waals surface area contributed by atoms with Crippen LogP contribution in [0.3, 0.4) is 0 Å². The normalized spacial score (nSPS) is 18.1. The van der Waals surface area contributed by atoms with Gasteiger partial charge in [0.05, 0.1) is 6.26 Å². The smallest absolute Gasteiger partial charge is 0.339 e. The summed E-state index contributed by atoms with van der Waals surface area (Å²) in [4.78, 5) is 12.1. The van der Waals surface area contributed by atoms with Crippen LogP contribution >= 0.6 is 0 Å². The second-order valence-corrected chi connectivity index (χ2v) is 5.01. The van der Waals surface area contributed by atoms with Crippen LogP contribution in [0, 0.1) is 0 Å². The lowest BCUT2D eigenvalue weighted by Gasteiger charge is -2.37. The number of hydrogen-bond donors (Lipinski definition) is 1. The molecule has 0 atom stereocenters. The van der Waals surface area contributed by atoms with Crippen molar-refractivity contribution in [1.29, 1.82) is 0 Å². The van der Waals surface area contributed by atoms with Crippen molar-refractivity contribution in [2.45, 2.75) is 18.3 Å². The van der Waals surface area contributed by atoms with Crippen molar-refractivity contribution < 1.29 is 4.42 Å². The molecule has 1 N–H and O–H groups in total. The largest absolute Gasteiger partial charge is 0.431 e. The summed E-state index contributed by atoms with van der Waals surface area (Å²) in [5, 5.41) is 3.37. The minimum absolute atomic E-state index is 0.214. The number of benzene rings is 1. The molecule has 1 aromatic heterocycles. The molecule has 0 aliphatic carbocycles. The highest BCUT2D eigenvalue weighted by molar-refractivity contribution is 5.38. The fourth-order valence-corrected chi connectivity index (χ4v) is 3.05. The van der Waals surface area contributed by atoms with Gasteiger partial charge in [-0.25, -0.2) is 4.79 Å². The van der Waals surface area contributed by atoms with E-state index in [0.29, 0.717) is 0 Å². The van der Waals surface area contributed by atoms with Gasteiger partial charge in [-0.3, -0.25) is 0 Å². The maximum atomic E-state index is 12.1. The molecule has 1 aliphatic heterocycles. The van der Waals surface area contributed by atoms with E-state index in [4.69, 9.17) is 4.42 Å². The van der Waals surface area contributed by atoms with Crippen LogP contribution in [0.15, 0.2) is 57.9 Å². The van der Waals surface area contributed by atoms with Crippen LogP contribution in [0.5, 0.6) is 0 Å². The van der Waals surface area contributed by atoms with Crippen molar-refractivity contribution in [2.24, 2.45) is 0 Å². The minimum atomic E-state index is -0.215. The Hall–Kier alpha value is -1.87. The second-order valence-electron chi connectivity index (χ2n) is 5.01. The van der Waals surface area contributed by atoms with E-state index in [9.17, 15) is 4.79 Å². The molecule has 2 aromatic rings. The minimum Gasteiger partial charge on any atom is -0.431 e. The molecular weight excluding hydrogens is 238 g/mol. The summed E-state index contributed by atoms with van der Waals surface area (Å²) in [5.74, 6) is 0. The quantitative estimate of drug-likeness (QED) is 0.895. The fourth-order valence-electron chi connectivity index (χ4n) is 3.05. The van der Waals surface area contributed by atoms with E-state index < -0.39 is 0 Å². The van der Waals surface area contributed by atoms with Crippen LogP contribution in [0.2, 0.25) is 0 Å². The third-order valence-electron chi connectivity index (χ3n) is 4.04. The number of hydrogen-bond acceptors (Lipinski definition) is 3. The van der Waals surface area contributed by atoms with Gasteiger partial charge in [0.2, 0.25) is 0 Å². The van der Waals surface area contributed by atoms with Gasteiger partial charge < -0.3 is 9.73 Å². The maximum absolute atomic E-state index is 12.1. The second kappa shape index (κ2) is 5.02. The molecule has 98 valence electrons. The molecule has 3 nitrogen and oxygen atoms in total. The first-order chi connectivity index (χ1) is 9.33. The molecule has 19 heavy (non-hydrogen) atoms. The summed E-state index contributed by atoms with van der Waals surface area (Å²) in [6.45, 7) is 1.84. The Labute approximate surface area is 112 Å². The average molecular weight is 255 g/mol. The SMILES string of the molecule is O=c1occcc1C1(c2ccccc2)CCNCC1. The highest BCUT2D eigenvalue weighted by atomic mass is 16.4. The summed E-state index contributed by atoms with van der Waals surface area (Å²) in [6.07, 6.45) is 3.29. The zero-order valence-electron chi connectivity index (χ0n) is 10.8. The van der Waals surface area contributed by atoms with E-state index >= 15 is 0 Å². The lowest BCUT2D eigenvalue weighted by Crippen LogP contribution is -2.43. The Morgan fingerprint density at radius 3 is 2.42 bits per heavy atom. The van der Waals surface area contributed by atoms with Crippen LogP contribution in [-0.2, 0) is 5.41 Å². The third kappa shape index (κ3) is 2.10. The standard InChI is InChI=1S/C16H17NO2/c18-15-14(7-4-12-19-15)16(8-10-17-11-9-16)13-5-2-1-3-6-13/h1-7,12,17H,8-11H2. The number of piperidine rings is 1. The van der Waals surface area contributed by atoms with Crippen LogP contribution in [0.4, 0.5) is 0 Å². The third-order valence-corrected chi connectivity index (χ3v) is 4.04. The van der Waals surface area contributed by atoms with E-state index in [1.807, 2.05) is 30.3 Å². The molecule has 1 saturated heterocycles. The molecule has 0 radical (unpaired) electrons. The summed E-state index contributed by atoms with van der Waals surface area (Å²) < 4.78 is 5.08. The highest BCUT2D eigenvalue weighted by Crippen LogP contribution is 2.38. The van der Waals surface area contributed by atoms with Gasteiger partial charge in [0.1, 0.15) is 0 Å². The van der Waals surface area contributed by atoms with Crippen LogP contribution < -0.4 is 10.9 Å². The van der Waals surface area contributed by atoms with Gasteiger partial charge in [-0.1, -0.05) is 30.3 Å². The lowest BCUT2D eigenvalue weighted by molar-refractivity contribution is 0.347. The predicted octanol–water partition coefficient (Wildman–Crippen LogP) is 2.31. The number of rotatable bonds is 2. The molecule has 1 aliphatic rings. The van der Waals surface area contributed by atoms with Gasteiger partial charge in [0, 0.05) is 11.0 Å². The summed E-state index contributed by atoms with van der Waals surface area (Å²) in [5.41, 5.74) is 1.56. The molecule has 2 heterocycles. The van der Waals surface area contributed by atoms with Crippen LogP contribution in [0.25, 0.3) is 0 Å². The first-order valence-corrected chi connectivity index (χ1v) is 6.67. The summed E-state index contributed by atoms with van der Waals surface area (Å²) in [7, 11) is 0. The first kappa shape index (κ1) is 12.2. The van der Waals surface area contributed by atoms with Crippen molar-refractivity contribution in [3.63, 3.8) is 0 Å². The van der Waals surface area contributed by atoms with Crippen LogP contribution in [-0.4, -0.2) is 13.1 Å². The van der Waals surface area contributed by atoms with E-state index in [1.54, 1.807) is 0 Å². The molecule has 1 aromatic carbocycles. The molecule has 0 spiro atoms. The first-order valence-electron chi connectivity index (χ1n) is 6.67. The zero-order valence-corrected chi connectivity index (χ0v) is 10.8. The van der Waals surface area contributed by atoms with Crippen molar-refractivity contribution in [3.8, 4) is 0 Å². The Bertz CT molecular complexity index is 597. The Morgan fingerprint density at radius 1 is 1.00 bits per heavy atom. The lowest BCUT2D eigenvalue weighted by atomic mass is 9.69. The van der Waals surface area contributed by atoms with Gasteiger partial charge in [-0.05, 0) is 43.6 Å². The van der Waals surface area contributed by atoms with Gasteiger partial charge in [0.15, 0.2) is 0 Å². The Morgan fingerprint density at radius 2 is 1.74 bits per heavy atom. The molecule has 0 unspecified atom stereocenters. The van der Waals surface area contributed by atoms with Crippen molar-refractivity contribution >= 4 is 0 Å². The Kier molecular flexibility index (Phi) is 3.22. The van der Waals surface area contributed by atoms with Gasteiger partial charge in [-0.2, -0.15) is 0 Å². The Balaban J connectivity index is 2.18. The highest BCUT2D eigenvalue weighted by Gasteiger charge is 2.37. The van der Waals surface area contributed by atoms with Crippen molar-refractivity contribution in [3.05, 3.63) is 70.3 Å². The van der Waals surface area contributed by atoms with E-state index in [2.05, 4.69) is 17.4 Å². The molecule has 0 amide bonds. The zero-order chi connectivity index (χ0) is 13.1. The van der Waals surface area contributed by atoms with Gasteiger partial charge in [-0.15, -0.1) is 0 Å². The topological polar surface area (TPSA) is 42.2 Å².